The molecule has 5 nitrogen and oxygen atoms in total. The van der Waals surface area contributed by atoms with Crippen molar-refractivity contribution in [2.75, 3.05) is 46.5 Å². The summed E-state index contributed by atoms with van der Waals surface area (Å²) in [5.41, 5.74) is -0.512. The Labute approximate surface area is 121 Å². The normalized spacial score (nSPS) is 37.6. The number of hydrogen-bond acceptors (Lipinski definition) is 5. The van der Waals surface area contributed by atoms with Gasteiger partial charge in [-0.05, 0) is 45.7 Å². The predicted molar refractivity (Wildman–Crippen MR) is 76.8 cm³/mol. The second kappa shape index (κ2) is 5.89. The minimum Gasteiger partial charge on any atom is -0.387 e. The molecule has 116 valence electrons. The lowest BCUT2D eigenvalue weighted by Crippen LogP contribution is -2.53. The maximum Gasteiger partial charge on any atom is 0.0909 e. The highest BCUT2D eigenvalue weighted by Gasteiger charge is 2.41. The van der Waals surface area contributed by atoms with E-state index in [-0.39, 0.29) is 5.60 Å². The van der Waals surface area contributed by atoms with Crippen molar-refractivity contribution in [1.29, 1.82) is 0 Å². The molecule has 0 bridgehead atoms. The molecule has 2 atom stereocenters. The molecule has 0 aliphatic carbocycles. The third kappa shape index (κ3) is 3.17. The summed E-state index contributed by atoms with van der Waals surface area (Å²) in [6, 6.07) is 0.520. The quantitative estimate of drug-likeness (QED) is 0.784. The summed E-state index contributed by atoms with van der Waals surface area (Å²) in [4.78, 5) is 2.35. The van der Waals surface area contributed by atoms with E-state index < -0.39 is 5.60 Å². The van der Waals surface area contributed by atoms with Crippen molar-refractivity contribution in [3.63, 3.8) is 0 Å². The van der Waals surface area contributed by atoms with E-state index >= 15 is 0 Å². The smallest absolute Gasteiger partial charge is 0.0909 e. The summed E-state index contributed by atoms with van der Waals surface area (Å²) in [5.74, 6) is 0. The molecule has 3 aliphatic rings. The van der Waals surface area contributed by atoms with E-state index in [0.717, 1.165) is 71.6 Å². The lowest BCUT2D eigenvalue weighted by Gasteiger charge is -2.46. The zero-order valence-corrected chi connectivity index (χ0v) is 12.6. The van der Waals surface area contributed by atoms with Gasteiger partial charge in [-0.3, -0.25) is 0 Å². The number of hydrogen-bond donors (Lipinski definition) is 2. The fraction of sp³-hybridized carbons (Fsp3) is 1.00. The average molecular weight is 284 g/mol. The van der Waals surface area contributed by atoms with Crippen LogP contribution in [-0.4, -0.2) is 73.8 Å². The largest absolute Gasteiger partial charge is 0.387 e. The Morgan fingerprint density at radius 3 is 2.75 bits per heavy atom. The van der Waals surface area contributed by atoms with Crippen LogP contribution >= 0.6 is 0 Å². The van der Waals surface area contributed by atoms with Gasteiger partial charge in [-0.1, -0.05) is 0 Å². The van der Waals surface area contributed by atoms with Crippen LogP contribution in [-0.2, 0) is 9.47 Å². The van der Waals surface area contributed by atoms with Crippen LogP contribution in [0.3, 0.4) is 0 Å². The third-order valence-corrected chi connectivity index (χ3v) is 5.26. The van der Waals surface area contributed by atoms with Gasteiger partial charge >= 0.3 is 0 Å². The molecule has 5 heteroatoms. The van der Waals surface area contributed by atoms with E-state index in [1.54, 1.807) is 0 Å². The summed E-state index contributed by atoms with van der Waals surface area (Å²) >= 11 is 0. The van der Waals surface area contributed by atoms with Crippen molar-refractivity contribution in [3.8, 4) is 0 Å². The first-order valence-electron chi connectivity index (χ1n) is 7.96. The second-order valence-corrected chi connectivity index (χ2v) is 6.86. The standard InChI is InChI=1S/C15H28N2O3/c1-17(12-14(18)3-6-16-11-14)13-2-7-20-15(10-13)4-8-19-9-5-15/h13,16,18H,2-12H2,1H3. The van der Waals surface area contributed by atoms with Gasteiger partial charge < -0.3 is 24.8 Å². The number of ether oxygens (including phenoxy) is 2. The molecule has 3 heterocycles. The highest BCUT2D eigenvalue weighted by atomic mass is 16.5. The molecule has 0 saturated carbocycles. The van der Waals surface area contributed by atoms with Gasteiger partial charge in [0.05, 0.1) is 11.2 Å². The molecule has 2 unspecified atom stereocenters. The topological polar surface area (TPSA) is 54.0 Å². The molecular formula is C15H28N2O3. The number of likely N-dealkylation sites (N-methyl/N-ethyl adjacent to an activating group) is 1. The van der Waals surface area contributed by atoms with Gasteiger partial charge in [-0.15, -0.1) is 0 Å². The van der Waals surface area contributed by atoms with Gasteiger partial charge in [0.1, 0.15) is 0 Å². The van der Waals surface area contributed by atoms with Crippen molar-refractivity contribution in [1.82, 2.24) is 10.2 Å². The summed E-state index contributed by atoms with van der Waals surface area (Å²) in [5, 5.41) is 13.8. The van der Waals surface area contributed by atoms with Crippen molar-refractivity contribution in [3.05, 3.63) is 0 Å². The lowest BCUT2D eigenvalue weighted by molar-refractivity contribution is -0.152. The van der Waals surface area contributed by atoms with Gasteiger partial charge in [0, 0.05) is 39.0 Å². The Hall–Kier alpha value is -0.200. The summed E-state index contributed by atoms with van der Waals surface area (Å²) in [6.07, 6.45) is 5.05. The molecule has 3 saturated heterocycles. The van der Waals surface area contributed by atoms with Crippen LogP contribution in [0.25, 0.3) is 0 Å². The van der Waals surface area contributed by atoms with E-state index in [4.69, 9.17) is 9.47 Å². The maximum absolute atomic E-state index is 10.5. The van der Waals surface area contributed by atoms with E-state index in [1.165, 1.54) is 0 Å². The minimum atomic E-state index is -0.546. The molecular weight excluding hydrogens is 256 g/mol. The molecule has 0 radical (unpaired) electrons. The zero-order chi connectivity index (χ0) is 14.1. The Bertz CT molecular complexity index is 320. The Morgan fingerprint density at radius 2 is 2.05 bits per heavy atom. The van der Waals surface area contributed by atoms with Crippen LogP contribution in [0.15, 0.2) is 0 Å². The lowest BCUT2D eigenvalue weighted by atomic mass is 9.83. The molecule has 0 amide bonds. The zero-order valence-electron chi connectivity index (χ0n) is 12.6. The fourth-order valence-electron chi connectivity index (χ4n) is 3.93. The summed E-state index contributed by atoms with van der Waals surface area (Å²) in [6.45, 7) is 4.90. The molecule has 3 rings (SSSR count). The van der Waals surface area contributed by atoms with Crippen LogP contribution < -0.4 is 5.32 Å². The summed E-state index contributed by atoms with van der Waals surface area (Å²) < 4.78 is 11.6. The minimum absolute atomic E-state index is 0.0337. The van der Waals surface area contributed by atoms with Crippen LogP contribution in [0, 0.1) is 0 Å². The van der Waals surface area contributed by atoms with Crippen molar-refractivity contribution in [2.45, 2.75) is 49.3 Å². The monoisotopic (exact) mass is 284 g/mol. The molecule has 0 aromatic carbocycles. The van der Waals surface area contributed by atoms with E-state index in [9.17, 15) is 5.11 Å². The number of nitrogens with one attached hydrogen (secondary N) is 1. The molecule has 1 spiro atoms. The van der Waals surface area contributed by atoms with Gasteiger partial charge in [0.2, 0.25) is 0 Å². The molecule has 20 heavy (non-hydrogen) atoms. The number of nitrogens with zero attached hydrogens (tertiary/aromatic N) is 1. The number of aliphatic hydroxyl groups is 1. The first-order valence-corrected chi connectivity index (χ1v) is 7.96. The molecule has 3 aliphatic heterocycles. The fourth-order valence-corrected chi connectivity index (χ4v) is 3.93. The van der Waals surface area contributed by atoms with Crippen LogP contribution in [0.5, 0.6) is 0 Å². The highest BCUT2D eigenvalue weighted by Crippen LogP contribution is 2.36. The van der Waals surface area contributed by atoms with Crippen molar-refractivity contribution < 1.29 is 14.6 Å². The molecule has 2 N–H and O–H groups in total. The van der Waals surface area contributed by atoms with Gasteiger partial charge in [0.15, 0.2) is 0 Å². The molecule has 3 fully saturated rings. The first kappa shape index (κ1) is 14.7. The Balaban J connectivity index is 1.58. The number of β-amino-alcohol motifs (C(OH)–C–C–N with tert-alkyl or cyclic N) is 1. The van der Waals surface area contributed by atoms with E-state index in [0.29, 0.717) is 6.04 Å². The highest BCUT2D eigenvalue weighted by molar-refractivity contribution is 4.95. The first-order chi connectivity index (χ1) is 9.61. The molecule has 0 aromatic rings. The Kier molecular flexibility index (Phi) is 4.34. The van der Waals surface area contributed by atoms with Gasteiger partial charge in [-0.25, -0.2) is 0 Å². The van der Waals surface area contributed by atoms with E-state index in [2.05, 4.69) is 17.3 Å². The SMILES string of the molecule is CN(CC1(O)CCNC1)C1CCOC2(CCOCC2)C1. The van der Waals surface area contributed by atoms with E-state index in [1.807, 2.05) is 0 Å². The van der Waals surface area contributed by atoms with Gasteiger partial charge in [-0.2, -0.15) is 0 Å². The third-order valence-electron chi connectivity index (χ3n) is 5.26. The summed E-state index contributed by atoms with van der Waals surface area (Å²) in [7, 11) is 2.15. The number of rotatable bonds is 3. The maximum atomic E-state index is 10.5. The predicted octanol–water partition coefficient (Wildman–Crippen LogP) is 0.371. The average Bonchev–Trinajstić information content (AvgIpc) is 2.86. The van der Waals surface area contributed by atoms with Crippen LogP contribution in [0.2, 0.25) is 0 Å². The molecule has 0 aromatic heterocycles. The van der Waals surface area contributed by atoms with Crippen LogP contribution in [0.4, 0.5) is 0 Å². The Morgan fingerprint density at radius 1 is 1.25 bits per heavy atom. The second-order valence-electron chi connectivity index (χ2n) is 6.86. The van der Waals surface area contributed by atoms with Crippen molar-refractivity contribution in [2.24, 2.45) is 0 Å². The van der Waals surface area contributed by atoms with Crippen molar-refractivity contribution >= 4 is 0 Å². The van der Waals surface area contributed by atoms with Crippen LogP contribution in [0.1, 0.15) is 32.1 Å². The van der Waals surface area contributed by atoms with Gasteiger partial charge in [0.25, 0.3) is 0 Å².